The summed E-state index contributed by atoms with van der Waals surface area (Å²) in [4.78, 5) is 10.5. The van der Waals surface area contributed by atoms with Gasteiger partial charge >= 0.3 is 5.97 Å². The monoisotopic (exact) mass is 196 g/mol. The molecule has 4 nitrogen and oxygen atoms in total. The molecule has 1 aromatic rings. The van der Waals surface area contributed by atoms with Crippen molar-refractivity contribution in [3.05, 3.63) is 24.3 Å². The lowest BCUT2D eigenvalue weighted by Crippen LogP contribution is -2.17. The number of phenolic OH excluding ortho intramolecular Hbond substituents is 1. The van der Waals surface area contributed by atoms with E-state index in [1.165, 1.54) is 12.1 Å². The van der Waals surface area contributed by atoms with Gasteiger partial charge in [0.25, 0.3) is 0 Å². The Bertz CT molecular complexity index is 304. The smallest absolute Gasteiger partial charge is 0.309 e. The summed E-state index contributed by atoms with van der Waals surface area (Å²) >= 11 is 0. The van der Waals surface area contributed by atoms with E-state index in [2.05, 4.69) is 0 Å². The van der Waals surface area contributed by atoms with E-state index < -0.39 is 11.9 Å². The number of carbonyl (C=O) groups is 1. The van der Waals surface area contributed by atoms with Crippen LogP contribution in [-0.4, -0.2) is 22.8 Å². The Kier molecular flexibility index (Phi) is 3.34. The van der Waals surface area contributed by atoms with Crippen molar-refractivity contribution in [3.63, 3.8) is 0 Å². The number of carboxylic acids is 1. The highest BCUT2D eigenvalue weighted by Crippen LogP contribution is 2.16. The van der Waals surface area contributed by atoms with Crippen LogP contribution < -0.4 is 4.74 Å². The van der Waals surface area contributed by atoms with Crippen molar-refractivity contribution < 1.29 is 19.7 Å². The molecule has 0 unspecified atom stereocenters. The summed E-state index contributed by atoms with van der Waals surface area (Å²) in [6.45, 7) is 1.70. The number of ether oxygens (including phenoxy) is 1. The highest BCUT2D eigenvalue weighted by atomic mass is 16.5. The highest BCUT2D eigenvalue weighted by molar-refractivity contribution is 5.69. The van der Waals surface area contributed by atoms with Crippen LogP contribution in [0.2, 0.25) is 0 Å². The minimum Gasteiger partial charge on any atom is -0.508 e. The van der Waals surface area contributed by atoms with E-state index in [0.717, 1.165) is 0 Å². The number of aliphatic carboxylic acids is 1. The Morgan fingerprint density at radius 3 is 2.50 bits per heavy atom. The second-order valence-electron chi connectivity index (χ2n) is 3.04. The zero-order valence-electron chi connectivity index (χ0n) is 7.80. The molecule has 0 saturated heterocycles. The van der Waals surface area contributed by atoms with Gasteiger partial charge in [-0.15, -0.1) is 0 Å². The Morgan fingerprint density at radius 2 is 2.00 bits per heavy atom. The molecule has 0 aliphatic rings. The number of aromatic hydroxyl groups is 1. The number of hydrogen-bond donors (Lipinski definition) is 2. The first-order valence-electron chi connectivity index (χ1n) is 4.24. The summed E-state index contributed by atoms with van der Waals surface area (Å²) in [7, 11) is 0. The number of hydrogen-bond acceptors (Lipinski definition) is 3. The molecule has 0 heterocycles. The Hall–Kier alpha value is -1.71. The van der Waals surface area contributed by atoms with Gasteiger partial charge < -0.3 is 14.9 Å². The van der Waals surface area contributed by atoms with Crippen molar-refractivity contribution in [2.75, 3.05) is 6.61 Å². The van der Waals surface area contributed by atoms with Gasteiger partial charge in [0, 0.05) is 0 Å². The number of benzene rings is 1. The van der Waals surface area contributed by atoms with E-state index in [1.807, 2.05) is 0 Å². The molecule has 1 rings (SSSR count). The average molecular weight is 196 g/mol. The number of phenols is 1. The van der Waals surface area contributed by atoms with Crippen molar-refractivity contribution in [1.82, 2.24) is 0 Å². The molecule has 0 aromatic heterocycles. The standard InChI is InChI=1S/C10H12O4/c1-7(10(12)13)6-14-9-4-2-8(11)3-5-9/h2-5,7,11H,6H2,1H3,(H,12,13)/t7-/m1/s1. The predicted octanol–water partition coefficient (Wildman–Crippen LogP) is 1.49. The zero-order chi connectivity index (χ0) is 10.6. The number of carboxylic acid groups (broad SMARTS) is 1. The van der Waals surface area contributed by atoms with Crippen LogP contribution in [0.5, 0.6) is 11.5 Å². The Balaban J connectivity index is 2.46. The quantitative estimate of drug-likeness (QED) is 0.765. The highest BCUT2D eigenvalue weighted by Gasteiger charge is 2.11. The van der Waals surface area contributed by atoms with E-state index in [1.54, 1.807) is 19.1 Å². The van der Waals surface area contributed by atoms with Crippen LogP contribution >= 0.6 is 0 Å². The molecule has 0 bridgehead atoms. The lowest BCUT2D eigenvalue weighted by atomic mass is 10.2. The van der Waals surface area contributed by atoms with Crippen molar-refractivity contribution in [2.45, 2.75) is 6.92 Å². The van der Waals surface area contributed by atoms with Crippen molar-refractivity contribution >= 4 is 5.97 Å². The minimum absolute atomic E-state index is 0.125. The minimum atomic E-state index is -0.885. The second-order valence-corrected chi connectivity index (χ2v) is 3.04. The largest absolute Gasteiger partial charge is 0.508 e. The van der Waals surface area contributed by atoms with Gasteiger partial charge in [0.05, 0.1) is 5.92 Å². The maximum absolute atomic E-state index is 10.5. The normalized spacial score (nSPS) is 12.1. The Labute approximate surface area is 81.8 Å². The molecule has 1 aromatic carbocycles. The number of rotatable bonds is 4. The summed E-state index contributed by atoms with van der Waals surface area (Å²) in [6, 6.07) is 6.15. The van der Waals surface area contributed by atoms with Crippen LogP contribution in [0.25, 0.3) is 0 Å². The first kappa shape index (κ1) is 10.4. The van der Waals surface area contributed by atoms with Gasteiger partial charge in [-0.3, -0.25) is 4.79 Å². The molecule has 0 spiro atoms. The third-order valence-corrected chi connectivity index (χ3v) is 1.76. The molecular weight excluding hydrogens is 184 g/mol. The second kappa shape index (κ2) is 4.50. The van der Waals surface area contributed by atoms with Gasteiger partial charge in [-0.25, -0.2) is 0 Å². The van der Waals surface area contributed by atoms with Crippen LogP contribution in [0.1, 0.15) is 6.92 Å². The van der Waals surface area contributed by atoms with E-state index in [9.17, 15) is 4.79 Å². The third kappa shape index (κ3) is 2.97. The topological polar surface area (TPSA) is 66.8 Å². The van der Waals surface area contributed by atoms with Crippen LogP contribution in [0, 0.1) is 5.92 Å². The molecule has 14 heavy (non-hydrogen) atoms. The van der Waals surface area contributed by atoms with E-state index in [4.69, 9.17) is 14.9 Å². The fourth-order valence-corrected chi connectivity index (χ4v) is 0.835. The van der Waals surface area contributed by atoms with Crippen molar-refractivity contribution in [1.29, 1.82) is 0 Å². The fraction of sp³-hybridized carbons (Fsp3) is 0.300. The van der Waals surface area contributed by atoms with Gasteiger partial charge in [-0.05, 0) is 31.2 Å². The fourth-order valence-electron chi connectivity index (χ4n) is 0.835. The van der Waals surface area contributed by atoms with Gasteiger partial charge in [-0.1, -0.05) is 0 Å². The lowest BCUT2D eigenvalue weighted by molar-refractivity contribution is -0.142. The summed E-state index contributed by atoms with van der Waals surface area (Å²) in [6.07, 6.45) is 0. The van der Waals surface area contributed by atoms with Crippen molar-refractivity contribution in [2.24, 2.45) is 5.92 Å². The first-order chi connectivity index (χ1) is 6.59. The molecule has 0 radical (unpaired) electrons. The molecule has 2 N–H and O–H groups in total. The lowest BCUT2D eigenvalue weighted by Gasteiger charge is -2.08. The van der Waals surface area contributed by atoms with Crippen LogP contribution in [0.3, 0.4) is 0 Å². The zero-order valence-corrected chi connectivity index (χ0v) is 7.80. The molecule has 0 fully saturated rings. The predicted molar refractivity (Wildman–Crippen MR) is 50.4 cm³/mol. The first-order valence-corrected chi connectivity index (χ1v) is 4.24. The van der Waals surface area contributed by atoms with E-state index >= 15 is 0 Å². The summed E-state index contributed by atoms with van der Waals surface area (Å²) in [5, 5.41) is 17.6. The van der Waals surface area contributed by atoms with Gasteiger partial charge in [-0.2, -0.15) is 0 Å². The Morgan fingerprint density at radius 1 is 1.43 bits per heavy atom. The van der Waals surface area contributed by atoms with Gasteiger partial charge in [0.1, 0.15) is 18.1 Å². The van der Waals surface area contributed by atoms with Crippen molar-refractivity contribution in [3.8, 4) is 11.5 Å². The maximum Gasteiger partial charge on any atom is 0.309 e. The molecule has 0 saturated carbocycles. The van der Waals surface area contributed by atoms with E-state index in [0.29, 0.717) is 5.75 Å². The van der Waals surface area contributed by atoms with E-state index in [-0.39, 0.29) is 12.4 Å². The third-order valence-electron chi connectivity index (χ3n) is 1.76. The SMILES string of the molecule is C[C@H](COc1ccc(O)cc1)C(=O)O. The van der Waals surface area contributed by atoms with Gasteiger partial charge in [0.2, 0.25) is 0 Å². The van der Waals surface area contributed by atoms with Crippen LogP contribution in [0.4, 0.5) is 0 Å². The molecule has 4 heteroatoms. The van der Waals surface area contributed by atoms with Gasteiger partial charge in [0.15, 0.2) is 0 Å². The van der Waals surface area contributed by atoms with Crippen LogP contribution in [-0.2, 0) is 4.79 Å². The molecule has 0 amide bonds. The molecule has 1 atom stereocenters. The maximum atomic E-state index is 10.5. The molecule has 76 valence electrons. The molecular formula is C10H12O4. The molecule has 0 aliphatic heterocycles. The summed E-state index contributed by atoms with van der Waals surface area (Å²) < 4.78 is 5.19. The summed E-state index contributed by atoms with van der Waals surface area (Å²) in [5.41, 5.74) is 0. The van der Waals surface area contributed by atoms with Crippen LogP contribution in [0.15, 0.2) is 24.3 Å². The average Bonchev–Trinajstić information content (AvgIpc) is 2.16. The molecule has 0 aliphatic carbocycles. The summed E-state index contributed by atoms with van der Waals surface area (Å²) in [5.74, 6) is -0.716.